The largest absolute Gasteiger partial charge is 0.383 e. The van der Waals surface area contributed by atoms with Crippen molar-refractivity contribution in [1.29, 1.82) is 0 Å². The first-order valence-corrected chi connectivity index (χ1v) is 8.77. The highest BCUT2D eigenvalue weighted by Gasteiger charge is 2.41. The number of carbonyl (C=O) groups is 2. The van der Waals surface area contributed by atoms with Gasteiger partial charge in [0.05, 0.1) is 25.2 Å². The van der Waals surface area contributed by atoms with E-state index in [2.05, 4.69) is 5.32 Å². The molecule has 138 valence electrons. The number of likely N-dealkylation sites (tertiary alicyclic amines) is 1. The third kappa shape index (κ3) is 4.93. The van der Waals surface area contributed by atoms with E-state index < -0.39 is 6.04 Å². The highest BCUT2D eigenvalue weighted by atomic mass is 35.5. The number of methoxy groups -OCH3 is 2. The summed E-state index contributed by atoms with van der Waals surface area (Å²) in [5, 5.41) is 3.44. The van der Waals surface area contributed by atoms with Crippen molar-refractivity contribution in [2.45, 2.75) is 18.9 Å². The first-order chi connectivity index (χ1) is 12.1. The molecule has 1 aliphatic rings. The number of benzene rings is 1. The van der Waals surface area contributed by atoms with Crippen molar-refractivity contribution < 1.29 is 19.1 Å². The molecule has 0 aliphatic carbocycles. The summed E-state index contributed by atoms with van der Waals surface area (Å²) in [6, 6.07) is 6.97. The van der Waals surface area contributed by atoms with Gasteiger partial charge in [0.15, 0.2) is 0 Å². The molecule has 1 aliphatic heterocycles. The summed E-state index contributed by atoms with van der Waals surface area (Å²) in [6.07, 6.45) is 0.837. The van der Waals surface area contributed by atoms with Gasteiger partial charge in [-0.25, -0.2) is 0 Å². The van der Waals surface area contributed by atoms with E-state index >= 15 is 0 Å². The summed E-state index contributed by atoms with van der Waals surface area (Å²) < 4.78 is 10.1. The number of hydrogen-bond acceptors (Lipinski definition) is 4. The van der Waals surface area contributed by atoms with Crippen LogP contribution in [-0.2, 0) is 19.1 Å². The molecule has 1 aromatic rings. The van der Waals surface area contributed by atoms with Crippen molar-refractivity contribution in [3.63, 3.8) is 0 Å². The highest BCUT2D eigenvalue weighted by Crippen LogP contribution is 2.39. The standard InChI is InChI=1S/C18H25ClN2O4/c1-24-11-9-20-18(23)14-7-8-16(22)21(10-12-25-2)17(14)13-5-3-4-6-15(13)19/h3-6,14,17H,7-12H2,1-2H3,(H,20,23)/t14-,17+/m1/s1. The maximum atomic E-state index is 12.7. The fourth-order valence-electron chi connectivity index (χ4n) is 3.19. The summed E-state index contributed by atoms with van der Waals surface area (Å²) in [7, 11) is 3.18. The quantitative estimate of drug-likeness (QED) is 0.713. The molecule has 2 atom stereocenters. The van der Waals surface area contributed by atoms with Gasteiger partial charge in [-0.15, -0.1) is 0 Å². The average Bonchev–Trinajstić information content (AvgIpc) is 2.61. The van der Waals surface area contributed by atoms with Crippen molar-refractivity contribution in [3.05, 3.63) is 34.9 Å². The molecule has 0 spiro atoms. The van der Waals surface area contributed by atoms with Crippen LogP contribution < -0.4 is 5.32 Å². The van der Waals surface area contributed by atoms with Crippen molar-refractivity contribution >= 4 is 23.4 Å². The van der Waals surface area contributed by atoms with Crippen LogP contribution in [0.3, 0.4) is 0 Å². The Morgan fingerprint density at radius 2 is 2.00 bits per heavy atom. The molecule has 1 aromatic carbocycles. The Bertz CT molecular complexity index is 596. The topological polar surface area (TPSA) is 67.9 Å². The molecule has 1 N–H and O–H groups in total. The molecule has 6 nitrogen and oxygen atoms in total. The Morgan fingerprint density at radius 1 is 1.28 bits per heavy atom. The van der Waals surface area contributed by atoms with Gasteiger partial charge in [-0.1, -0.05) is 29.8 Å². The minimum Gasteiger partial charge on any atom is -0.383 e. The van der Waals surface area contributed by atoms with E-state index in [1.807, 2.05) is 18.2 Å². The lowest BCUT2D eigenvalue weighted by atomic mass is 9.83. The number of piperidine rings is 1. The third-order valence-corrected chi connectivity index (χ3v) is 4.75. The van der Waals surface area contributed by atoms with Crippen LogP contribution in [0.25, 0.3) is 0 Å². The number of carbonyl (C=O) groups excluding carboxylic acids is 2. The van der Waals surface area contributed by atoms with Crippen molar-refractivity contribution in [3.8, 4) is 0 Å². The number of rotatable bonds is 8. The molecule has 0 saturated carbocycles. The van der Waals surface area contributed by atoms with Gasteiger partial charge >= 0.3 is 0 Å². The molecule has 0 aromatic heterocycles. The predicted molar refractivity (Wildman–Crippen MR) is 95.4 cm³/mol. The minimum absolute atomic E-state index is 0.0166. The fourth-order valence-corrected chi connectivity index (χ4v) is 3.44. The minimum atomic E-state index is -0.396. The molecule has 0 radical (unpaired) electrons. The fraction of sp³-hybridized carbons (Fsp3) is 0.556. The zero-order chi connectivity index (χ0) is 18.2. The van der Waals surface area contributed by atoms with Crippen LogP contribution in [0.15, 0.2) is 24.3 Å². The molecule has 0 bridgehead atoms. The Balaban J connectivity index is 2.30. The zero-order valence-electron chi connectivity index (χ0n) is 14.7. The van der Waals surface area contributed by atoms with Gasteiger partial charge < -0.3 is 19.7 Å². The number of ether oxygens (including phenoxy) is 2. The van der Waals surface area contributed by atoms with Crippen LogP contribution in [0.2, 0.25) is 5.02 Å². The third-order valence-electron chi connectivity index (χ3n) is 4.41. The van der Waals surface area contributed by atoms with Crippen molar-refractivity contribution in [2.24, 2.45) is 5.92 Å². The summed E-state index contributed by atoms with van der Waals surface area (Å²) in [5.74, 6) is -0.425. The first-order valence-electron chi connectivity index (χ1n) is 8.39. The SMILES string of the molecule is COCCNC(=O)[C@@H]1CCC(=O)N(CCOC)[C@H]1c1ccccc1Cl. The van der Waals surface area contributed by atoms with E-state index in [1.54, 1.807) is 25.2 Å². The van der Waals surface area contributed by atoms with Crippen molar-refractivity contribution in [2.75, 3.05) is 40.5 Å². The van der Waals surface area contributed by atoms with E-state index in [9.17, 15) is 9.59 Å². The molecule has 1 saturated heterocycles. The maximum absolute atomic E-state index is 12.7. The maximum Gasteiger partial charge on any atom is 0.225 e. The van der Waals surface area contributed by atoms with Gasteiger partial charge in [-0.3, -0.25) is 9.59 Å². The molecule has 2 rings (SSSR count). The number of nitrogens with zero attached hydrogens (tertiary/aromatic N) is 1. The number of halogens is 1. The smallest absolute Gasteiger partial charge is 0.225 e. The Kier molecular flexibility index (Phi) is 7.68. The summed E-state index contributed by atoms with van der Waals surface area (Å²) in [6.45, 7) is 1.71. The molecule has 1 heterocycles. The number of nitrogens with one attached hydrogen (secondary N) is 1. The van der Waals surface area contributed by atoms with E-state index in [4.69, 9.17) is 21.1 Å². The number of hydrogen-bond donors (Lipinski definition) is 1. The normalized spacial score (nSPS) is 20.6. The van der Waals surface area contributed by atoms with Crippen LogP contribution in [0.1, 0.15) is 24.4 Å². The second-order valence-electron chi connectivity index (χ2n) is 5.98. The van der Waals surface area contributed by atoms with Gasteiger partial charge in [-0.2, -0.15) is 0 Å². The van der Waals surface area contributed by atoms with Crippen LogP contribution >= 0.6 is 11.6 Å². The van der Waals surface area contributed by atoms with Crippen LogP contribution in [0.4, 0.5) is 0 Å². The number of amides is 2. The van der Waals surface area contributed by atoms with E-state index in [0.29, 0.717) is 44.2 Å². The molecular formula is C18H25ClN2O4. The Morgan fingerprint density at radius 3 is 2.68 bits per heavy atom. The average molecular weight is 369 g/mol. The van der Waals surface area contributed by atoms with Gasteiger partial charge in [0.2, 0.25) is 11.8 Å². The van der Waals surface area contributed by atoms with E-state index in [-0.39, 0.29) is 17.7 Å². The molecule has 7 heteroatoms. The second-order valence-corrected chi connectivity index (χ2v) is 6.38. The van der Waals surface area contributed by atoms with Crippen molar-refractivity contribution in [1.82, 2.24) is 10.2 Å². The predicted octanol–water partition coefficient (Wildman–Crippen LogP) is 2.03. The lowest BCUT2D eigenvalue weighted by Crippen LogP contribution is -2.49. The van der Waals surface area contributed by atoms with Gasteiger partial charge in [0, 0.05) is 38.8 Å². The summed E-state index contributed by atoms with van der Waals surface area (Å²) in [4.78, 5) is 26.9. The molecule has 25 heavy (non-hydrogen) atoms. The zero-order valence-corrected chi connectivity index (χ0v) is 15.4. The monoisotopic (exact) mass is 368 g/mol. The van der Waals surface area contributed by atoms with Crippen LogP contribution in [-0.4, -0.2) is 57.2 Å². The summed E-state index contributed by atoms with van der Waals surface area (Å²) in [5.41, 5.74) is 0.792. The van der Waals surface area contributed by atoms with Gasteiger partial charge in [0.25, 0.3) is 0 Å². The highest BCUT2D eigenvalue weighted by molar-refractivity contribution is 6.31. The van der Waals surface area contributed by atoms with Crippen LogP contribution in [0.5, 0.6) is 0 Å². The Labute approximate surface area is 153 Å². The lowest BCUT2D eigenvalue weighted by Gasteiger charge is -2.41. The van der Waals surface area contributed by atoms with E-state index in [1.165, 1.54) is 0 Å². The molecule has 1 fully saturated rings. The second kappa shape index (κ2) is 9.75. The van der Waals surface area contributed by atoms with E-state index in [0.717, 1.165) is 5.56 Å². The Hall–Kier alpha value is -1.63. The first kappa shape index (κ1) is 19.7. The summed E-state index contributed by atoms with van der Waals surface area (Å²) >= 11 is 6.38. The molecule has 2 amide bonds. The lowest BCUT2D eigenvalue weighted by molar-refractivity contribution is -0.144. The van der Waals surface area contributed by atoms with Gasteiger partial charge in [0.1, 0.15) is 0 Å². The van der Waals surface area contributed by atoms with Crippen LogP contribution in [0, 0.1) is 5.92 Å². The molecule has 0 unspecified atom stereocenters. The molecular weight excluding hydrogens is 344 g/mol. The van der Waals surface area contributed by atoms with Gasteiger partial charge in [-0.05, 0) is 18.1 Å².